The average Bonchev–Trinajstić information content (AvgIpc) is 2.99. The maximum Gasteiger partial charge on any atom is 0.222 e. The standard InChI is InChI=1S/C19H28N4O/c1-15-8-11-22(12-9-15)19(20)21-13-16-4-6-17(7-5-16)14-23-10-2-3-18(23)24/h4-7,15H,2-3,8-14H2,1H3,(H2,20,21). The van der Waals surface area contributed by atoms with E-state index in [1.807, 2.05) is 4.90 Å². The highest BCUT2D eigenvalue weighted by Gasteiger charge is 2.20. The Hall–Kier alpha value is -2.04. The Morgan fingerprint density at radius 2 is 1.83 bits per heavy atom. The van der Waals surface area contributed by atoms with Crippen molar-refractivity contribution in [3.63, 3.8) is 0 Å². The van der Waals surface area contributed by atoms with E-state index in [-0.39, 0.29) is 5.91 Å². The quantitative estimate of drug-likeness (QED) is 0.682. The molecule has 2 saturated heterocycles. The van der Waals surface area contributed by atoms with Gasteiger partial charge in [-0.3, -0.25) is 4.79 Å². The van der Waals surface area contributed by atoms with Crippen molar-refractivity contribution < 1.29 is 4.79 Å². The lowest BCUT2D eigenvalue weighted by molar-refractivity contribution is -0.128. The van der Waals surface area contributed by atoms with Crippen LogP contribution in [0.5, 0.6) is 0 Å². The molecule has 0 spiro atoms. The molecule has 5 heteroatoms. The maximum absolute atomic E-state index is 11.7. The van der Waals surface area contributed by atoms with Crippen molar-refractivity contribution in [3.8, 4) is 0 Å². The molecule has 1 aromatic carbocycles. The van der Waals surface area contributed by atoms with Crippen LogP contribution in [0, 0.1) is 5.92 Å². The van der Waals surface area contributed by atoms with E-state index in [1.54, 1.807) is 0 Å². The van der Waals surface area contributed by atoms with Gasteiger partial charge in [-0.15, -0.1) is 0 Å². The molecular formula is C19H28N4O. The zero-order valence-electron chi connectivity index (χ0n) is 14.6. The summed E-state index contributed by atoms with van der Waals surface area (Å²) in [5, 5.41) is 0. The minimum atomic E-state index is 0.271. The largest absolute Gasteiger partial charge is 0.370 e. The first-order chi connectivity index (χ1) is 11.6. The number of rotatable bonds is 4. The topological polar surface area (TPSA) is 61.9 Å². The summed E-state index contributed by atoms with van der Waals surface area (Å²) in [5.41, 5.74) is 8.46. The number of amides is 1. The van der Waals surface area contributed by atoms with Gasteiger partial charge in [0, 0.05) is 32.6 Å². The fraction of sp³-hybridized carbons (Fsp3) is 0.579. The van der Waals surface area contributed by atoms with Gasteiger partial charge < -0.3 is 15.5 Å². The Labute approximate surface area is 144 Å². The predicted molar refractivity (Wildman–Crippen MR) is 96.4 cm³/mol. The molecular weight excluding hydrogens is 300 g/mol. The Balaban J connectivity index is 1.52. The summed E-state index contributed by atoms with van der Waals surface area (Å²) in [6.07, 6.45) is 4.07. The lowest BCUT2D eigenvalue weighted by Crippen LogP contribution is -2.42. The Kier molecular flexibility index (Phi) is 5.38. The summed E-state index contributed by atoms with van der Waals surface area (Å²) >= 11 is 0. The zero-order valence-corrected chi connectivity index (χ0v) is 14.6. The molecule has 1 amide bonds. The summed E-state index contributed by atoms with van der Waals surface area (Å²) in [4.78, 5) is 20.3. The molecule has 130 valence electrons. The number of piperidine rings is 1. The fourth-order valence-corrected chi connectivity index (χ4v) is 3.35. The molecule has 5 nitrogen and oxygen atoms in total. The molecule has 24 heavy (non-hydrogen) atoms. The number of nitrogens with zero attached hydrogens (tertiary/aromatic N) is 3. The first-order valence-corrected chi connectivity index (χ1v) is 9.02. The number of carbonyl (C=O) groups excluding carboxylic acids is 1. The van der Waals surface area contributed by atoms with Crippen LogP contribution < -0.4 is 5.73 Å². The van der Waals surface area contributed by atoms with Crippen LogP contribution in [0.3, 0.4) is 0 Å². The summed E-state index contributed by atoms with van der Waals surface area (Å²) in [7, 11) is 0. The van der Waals surface area contributed by atoms with Crippen molar-refractivity contribution in [1.29, 1.82) is 0 Å². The first-order valence-electron chi connectivity index (χ1n) is 9.02. The summed E-state index contributed by atoms with van der Waals surface area (Å²) in [6, 6.07) is 8.36. The van der Waals surface area contributed by atoms with Gasteiger partial charge in [0.25, 0.3) is 0 Å². The normalized spacial score (nSPS) is 20.0. The predicted octanol–water partition coefficient (Wildman–Crippen LogP) is 2.36. The van der Waals surface area contributed by atoms with E-state index in [1.165, 1.54) is 18.4 Å². The lowest BCUT2D eigenvalue weighted by Gasteiger charge is -2.31. The summed E-state index contributed by atoms with van der Waals surface area (Å²) < 4.78 is 0. The summed E-state index contributed by atoms with van der Waals surface area (Å²) in [6.45, 7) is 6.54. The number of benzene rings is 1. The van der Waals surface area contributed by atoms with Crippen LogP contribution in [0.15, 0.2) is 29.3 Å². The van der Waals surface area contributed by atoms with Gasteiger partial charge >= 0.3 is 0 Å². The van der Waals surface area contributed by atoms with Crippen LogP contribution in [0.2, 0.25) is 0 Å². The SMILES string of the molecule is CC1CCN(C(N)=NCc2ccc(CN3CCCC3=O)cc2)CC1. The number of guanidine groups is 1. The molecule has 0 aliphatic carbocycles. The number of likely N-dealkylation sites (tertiary alicyclic amines) is 2. The lowest BCUT2D eigenvalue weighted by atomic mass is 10.00. The Bertz CT molecular complexity index is 588. The molecule has 0 saturated carbocycles. The minimum absolute atomic E-state index is 0.271. The molecule has 2 aliphatic rings. The van der Waals surface area contributed by atoms with Gasteiger partial charge in [-0.25, -0.2) is 4.99 Å². The highest BCUT2D eigenvalue weighted by Crippen LogP contribution is 2.17. The molecule has 0 radical (unpaired) electrons. The van der Waals surface area contributed by atoms with Crippen molar-refractivity contribution in [1.82, 2.24) is 9.80 Å². The first kappa shape index (κ1) is 16.8. The van der Waals surface area contributed by atoms with E-state index in [0.29, 0.717) is 18.9 Å². The third-order valence-electron chi connectivity index (χ3n) is 5.10. The molecule has 0 aromatic heterocycles. The van der Waals surface area contributed by atoms with Crippen molar-refractivity contribution >= 4 is 11.9 Å². The average molecular weight is 328 g/mol. The van der Waals surface area contributed by atoms with E-state index in [9.17, 15) is 4.79 Å². The molecule has 2 fully saturated rings. The van der Waals surface area contributed by atoms with E-state index < -0.39 is 0 Å². The number of carbonyl (C=O) groups is 1. The third kappa shape index (κ3) is 4.28. The number of aliphatic imine (C=N–C) groups is 1. The van der Waals surface area contributed by atoms with Gasteiger partial charge in [-0.2, -0.15) is 0 Å². The third-order valence-corrected chi connectivity index (χ3v) is 5.10. The molecule has 2 heterocycles. The van der Waals surface area contributed by atoms with Crippen LogP contribution in [-0.4, -0.2) is 41.3 Å². The van der Waals surface area contributed by atoms with Gasteiger partial charge in [0.05, 0.1) is 6.54 Å². The number of hydrogen-bond donors (Lipinski definition) is 1. The molecule has 1 aromatic rings. The molecule has 0 unspecified atom stereocenters. The highest BCUT2D eigenvalue weighted by atomic mass is 16.2. The monoisotopic (exact) mass is 328 g/mol. The van der Waals surface area contributed by atoms with Crippen LogP contribution in [0.25, 0.3) is 0 Å². The van der Waals surface area contributed by atoms with Crippen molar-refractivity contribution in [2.45, 2.75) is 45.7 Å². The number of hydrogen-bond acceptors (Lipinski definition) is 2. The van der Waals surface area contributed by atoms with Gasteiger partial charge in [-0.05, 0) is 36.3 Å². The number of nitrogens with two attached hydrogens (primary N) is 1. The Morgan fingerprint density at radius 3 is 2.46 bits per heavy atom. The van der Waals surface area contributed by atoms with Crippen molar-refractivity contribution in [3.05, 3.63) is 35.4 Å². The smallest absolute Gasteiger partial charge is 0.222 e. The van der Waals surface area contributed by atoms with Gasteiger partial charge in [0.15, 0.2) is 5.96 Å². The van der Waals surface area contributed by atoms with E-state index in [4.69, 9.17) is 5.73 Å². The van der Waals surface area contributed by atoms with Crippen LogP contribution in [0.1, 0.15) is 43.7 Å². The van der Waals surface area contributed by atoms with E-state index in [2.05, 4.69) is 41.1 Å². The van der Waals surface area contributed by atoms with Gasteiger partial charge in [0.1, 0.15) is 0 Å². The van der Waals surface area contributed by atoms with Gasteiger partial charge in [0.2, 0.25) is 5.91 Å². The molecule has 2 aliphatic heterocycles. The molecule has 0 bridgehead atoms. The van der Waals surface area contributed by atoms with Crippen LogP contribution in [0.4, 0.5) is 0 Å². The second kappa shape index (κ2) is 7.69. The van der Waals surface area contributed by atoms with Crippen LogP contribution in [-0.2, 0) is 17.9 Å². The molecule has 0 atom stereocenters. The summed E-state index contributed by atoms with van der Waals surface area (Å²) in [5.74, 6) is 1.73. The minimum Gasteiger partial charge on any atom is -0.370 e. The van der Waals surface area contributed by atoms with Crippen molar-refractivity contribution in [2.24, 2.45) is 16.6 Å². The fourth-order valence-electron chi connectivity index (χ4n) is 3.35. The zero-order chi connectivity index (χ0) is 16.9. The van der Waals surface area contributed by atoms with Gasteiger partial charge in [-0.1, -0.05) is 31.2 Å². The second-order valence-corrected chi connectivity index (χ2v) is 7.08. The van der Waals surface area contributed by atoms with E-state index >= 15 is 0 Å². The highest BCUT2D eigenvalue weighted by molar-refractivity contribution is 5.78. The van der Waals surface area contributed by atoms with Crippen LogP contribution >= 0.6 is 0 Å². The van der Waals surface area contributed by atoms with E-state index in [0.717, 1.165) is 44.1 Å². The van der Waals surface area contributed by atoms with Crippen molar-refractivity contribution in [2.75, 3.05) is 19.6 Å². The molecule has 3 rings (SSSR count). The second-order valence-electron chi connectivity index (χ2n) is 7.08. The maximum atomic E-state index is 11.7. The molecule has 2 N–H and O–H groups in total. The Morgan fingerprint density at radius 1 is 1.17 bits per heavy atom.